The van der Waals surface area contributed by atoms with Gasteiger partial charge in [-0.1, -0.05) is 32.1 Å². The van der Waals surface area contributed by atoms with Crippen molar-refractivity contribution < 1.29 is 13.2 Å². The molecule has 1 atom stereocenters. The van der Waals surface area contributed by atoms with Crippen LogP contribution in [-0.4, -0.2) is 37.3 Å². The number of benzene rings is 1. The second-order valence-electron chi connectivity index (χ2n) is 7.65. The third-order valence-corrected chi connectivity index (χ3v) is 7.68. The van der Waals surface area contributed by atoms with E-state index in [0.29, 0.717) is 12.1 Å². The molecule has 0 unspecified atom stereocenters. The third-order valence-electron chi connectivity index (χ3n) is 5.66. The summed E-state index contributed by atoms with van der Waals surface area (Å²) < 4.78 is 27.3. The fourth-order valence-electron chi connectivity index (χ4n) is 4.03. The first-order chi connectivity index (χ1) is 12.5. The Morgan fingerprint density at radius 3 is 2.19 bits per heavy atom. The molecule has 3 rings (SSSR count). The fraction of sp³-hybridized carbons (Fsp3) is 0.650. The minimum atomic E-state index is -3.48. The quantitative estimate of drug-likeness (QED) is 0.813. The summed E-state index contributed by atoms with van der Waals surface area (Å²) in [6.07, 6.45) is 9.77. The largest absolute Gasteiger partial charge is 0.349 e. The van der Waals surface area contributed by atoms with Gasteiger partial charge < -0.3 is 5.32 Å². The van der Waals surface area contributed by atoms with E-state index in [1.807, 2.05) is 6.92 Å². The van der Waals surface area contributed by atoms with Crippen LogP contribution >= 0.6 is 0 Å². The zero-order chi connectivity index (χ0) is 18.6. The molecule has 1 aromatic rings. The van der Waals surface area contributed by atoms with Gasteiger partial charge in [-0.25, -0.2) is 8.42 Å². The normalized spacial score (nSPS) is 23.3. The van der Waals surface area contributed by atoms with Crippen LogP contribution in [0.1, 0.15) is 75.1 Å². The predicted molar refractivity (Wildman–Crippen MR) is 103 cm³/mol. The molecule has 2 aliphatic rings. The molecule has 1 aliphatic carbocycles. The number of amides is 1. The summed E-state index contributed by atoms with van der Waals surface area (Å²) in [4.78, 5) is 12.7. The van der Waals surface area contributed by atoms with Gasteiger partial charge in [-0.3, -0.25) is 4.79 Å². The minimum Gasteiger partial charge on any atom is -0.349 e. The van der Waals surface area contributed by atoms with E-state index >= 15 is 0 Å². The molecule has 0 bridgehead atoms. The second-order valence-corrected chi connectivity index (χ2v) is 9.54. The summed E-state index contributed by atoms with van der Waals surface area (Å²) in [5.41, 5.74) is 0.528. The maximum absolute atomic E-state index is 12.9. The number of rotatable bonds is 4. The van der Waals surface area contributed by atoms with Gasteiger partial charge in [-0.2, -0.15) is 4.31 Å². The first-order valence-corrected chi connectivity index (χ1v) is 11.4. The van der Waals surface area contributed by atoms with Crippen LogP contribution in [-0.2, 0) is 10.0 Å². The van der Waals surface area contributed by atoms with Crippen molar-refractivity contribution in [3.63, 3.8) is 0 Å². The van der Waals surface area contributed by atoms with Gasteiger partial charge in [0.1, 0.15) is 0 Å². The van der Waals surface area contributed by atoms with Crippen molar-refractivity contribution in [2.24, 2.45) is 0 Å². The Bertz CT molecular complexity index is 707. The predicted octanol–water partition coefficient (Wildman–Crippen LogP) is 3.70. The maximum Gasteiger partial charge on any atom is 0.251 e. The molecular formula is C20H30N2O3S. The highest BCUT2D eigenvalue weighted by atomic mass is 32.2. The summed E-state index contributed by atoms with van der Waals surface area (Å²) in [7, 11) is -3.48. The summed E-state index contributed by atoms with van der Waals surface area (Å²) in [5, 5.41) is 3.10. The summed E-state index contributed by atoms with van der Waals surface area (Å²) in [6.45, 7) is 2.54. The molecule has 1 saturated carbocycles. The van der Waals surface area contributed by atoms with Crippen molar-refractivity contribution >= 4 is 15.9 Å². The lowest BCUT2D eigenvalue weighted by atomic mass is 10.1. The number of hydrogen-bond donors (Lipinski definition) is 1. The Morgan fingerprint density at radius 1 is 0.962 bits per heavy atom. The van der Waals surface area contributed by atoms with E-state index in [2.05, 4.69) is 5.32 Å². The number of nitrogens with zero attached hydrogens (tertiary/aromatic N) is 1. The second kappa shape index (κ2) is 8.53. The van der Waals surface area contributed by atoms with E-state index < -0.39 is 10.0 Å². The number of hydrogen-bond acceptors (Lipinski definition) is 3. The van der Waals surface area contributed by atoms with Crippen LogP contribution in [0.25, 0.3) is 0 Å². The minimum absolute atomic E-state index is 0.0342. The van der Waals surface area contributed by atoms with Crippen LogP contribution in [0, 0.1) is 0 Å². The molecule has 1 saturated heterocycles. The maximum atomic E-state index is 12.9. The van der Waals surface area contributed by atoms with Crippen LogP contribution in [0.4, 0.5) is 0 Å². The summed E-state index contributed by atoms with van der Waals surface area (Å²) in [5.74, 6) is -0.104. The zero-order valence-electron chi connectivity index (χ0n) is 15.6. The molecule has 1 amide bonds. The van der Waals surface area contributed by atoms with Crippen molar-refractivity contribution in [2.75, 3.05) is 6.54 Å². The Labute approximate surface area is 157 Å². The van der Waals surface area contributed by atoms with E-state index in [1.54, 1.807) is 28.6 Å². The van der Waals surface area contributed by atoms with E-state index in [4.69, 9.17) is 0 Å². The molecule has 6 heteroatoms. The number of carbonyl (C=O) groups is 1. The lowest BCUT2D eigenvalue weighted by Crippen LogP contribution is -2.41. The molecule has 1 aliphatic heterocycles. The molecule has 0 spiro atoms. The number of piperidine rings is 1. The van der Waals surface area contributed by atoms with Crippen molar-refractivity contribution in [1.82, 2.24) is 9.62 Å². The van der Waals surface area contributed by atoms with E-state index in [0.717, 1.165) is 44.9 Å². The highest BCUT2D eigenvalue weighted by Crippen LogP contribution is 2.25. The highest BCUT2D eigenvalue weighted by molar-refractivity contribution is 7.89. The van der Waals surface area contributed by atoms with Gasteiger partial charge in [0.05, 0.1) is 4.90 Å². The van der Waals surface area contributed by atoms with Crippen LogP contribution in [0.3, 0.4) is 0 Å². The molecule has 1 N–H and O–H groups in total. The fourth-order valence-corrected chi connectivity index (χ4v) is 5.73. The average Bonchev–Trinajstić information content (AvgIpc) is 2.90. The van der Waals surface area contributed by atoms with E-state index in [1.165, 1.54) is 12.8 Å². The SMILES string of the molecule is C[C@@H]1CCCCN1S(=O)(=O)c1ccc(C(=O)NC2CCCCCC2)cc1. The first kappa shape index (κ1) is 19.4. The standard InChI is InChI=1S/C20H30N2O3S/c1-16-8-6-7-15-22(16)26(24,25)19-13-11-17(12-14-19)20(23)21-18-9-4-2-3-5-10-18/h11-14,16,18H,2-10,15H2,1H3,(H,21,23)/t16-/m1/s1. The van der Waals surface area contributed by atoms with Gasteiger partial charge in [-0.05, 0) is 56.9 Å². The van der Waals surface area contributed by atoms with Crippen LogP contribution < -0.4 is 5.32 Å². The molecule has 1 heterocycles. The Kier molecular flexibility index (Phi) is 6.35. The molecule has 26 heavy (non-hydrogen) atoms. The molecule has 2 fully saturated rings. The van der Waals surface area contributed by atoms with Gasteiger partial charge in [0, 0.05) is 24.2 Å². The van der Waals surface area contributed by atoms with E-state index in [9.17, 15) is 13.2 Å². The Hall–Kier alpha value is -1.40. The Morgan fingerprint density at radius 2 is 1.58 bits per heavy atom. The van der Waals surface area contributed by atoms with Gasteiger partial charge in [-0.15, -0.1) is 0 Å². The summed E-state index contributed by atoms with van der Waals surface area (Å²) in [6, 6.07) is 6.67. The molecule has 144 valence electrons. The molecule has 0 aromatic heterocycles. The van der Waals surface area contributed by atoms with Crippen molar-refractivity contribution in [3.8, 4) is 0 Å². The number of nitrogens with one attached hydrogen (secondary N) is 1. The van der Waals surface area contributed by atoms with Gasteiger partial charge in [0.15, 0.2) is 0 Å². The van der Waals surface area contributed by atoms with Crippen LogP contribution in [0.15, 0.2) is 29.2 Å². The highest BCUT2D eigenvalue weighted by Gasteiger charge is 2.31. The zero-order valence-corrected chi connectivity index (χ0v) is 16.4. The van der Waals surface area contributed by atoms with Crippen LogP contribution in [0.5, 0.6) is 0 Å². The molecule has 1 aromatic carbocycles. The number of carbonyl (C=O) groups excluding carboxylic acids is 1. The lowest BCUT2D eigenvalue weighted by molar-refractivity contribution is 0.0933. The van der Waals surface area contributed by atoms with Crippen LogP contribution in [0.2, 0.25) is 0 Å². The Balaban J connectivity index is 1.68. The van der Waals surface area contributed by atoms with Crippen molar-refractivity contribution in [3.05, 3.63) is 29.8 Å². The third kappa shape index (κ3) is 4.46. The van der Waals surface area contributed by atoms with Gasteiger partial charge in [0.2, 0.25) is 10.0 Å². The topological polar surface area (TPSA) is 66.5 Å². The molecule has 0 radical (unpaired) electrons. The van der Waals surface area contributed by atoms with Crippen molar-refractivity contribution in [2.45, 2.75) is 81.7 Å². The van der Waals surface area contributed by atoms with Gasteiger partial charge in [0.25, 0.3) is 5.91 Å². The smallest absolute Gasteiger partial charge is 0.251 e. The molecular weight excluding hydrogens is 348 g/mol. The average molecular weight is 379 g/mol. The lowest BCUT2D eigenvalue weighted by Gasteiger charge is -2.32. The molecule has 5 nitrogen and oxygen atoms in total. The van der Waals surface area contributed by atoms with Gasteiger partial charge >= 0.3 is 0 Å². The summed E-state index contributed by atoms with van der Waals surface area (Å²) >= 11 is 0. The van der Waals surface area contributed by atoms with Crippen molar-refractivity contribution in [1.29, 1.82) is 0 Å². The number of sulfonamides is 1. The van der Waals surface area contributed by atoms with E-state index in [-0.39, 0.29) is 22.9 Å². The monoisotopic (exact) mass is 378 g/mol. The first-order valence-electron chi connectivity index (χ1n) is 9.91.